The fourth-order valence-electron chi connectivity index (χ4n) is 1.25. The zero-order valence-corrected chi connectivity index (χ0v) is 7.39. The average Bonchev–Trinajstić information content (AvgIpc) is 2.11. The van der Waals surface area contributed by atoms with Gasteiger partial charge in [0.15, 0.2) is 0 Å². The standard InChI is InChI=1S/C10H15N/c1-8-4-5-10(11-3)7-9(2)6-8/h4-7,9,11H,1-3H3. The molecule has 0 bridgehead atoms. The van der Waals surface area contributed by atoms with Crippen LogP contribution in [0.1, 0.15) is 13.8 Å². The number of hydrogen-bond donors (Lipinski definition) is 1. The van der Waals surface area contributed by atoms with Gasteiger partial charge in [0.1, 0.15) is 0 Å². The molecule has 0 spiro atoms. The fraction of sp³-hybridized carbons (Fsp3) is 0.400. The molecule has 60 valence electrons. The third kappa shape index (κ3) is 2.26. The van der Waals surface area contributed by atoms with E-state index in [1.807, 2.05) is 7.05 Å². The first-order chi connectivity index (χ1) is 5.22. The Hall–Kier alpha value is -0.980. The maximum absolute atomic E-state index is 3.14. The third-order valence-corrected chi connectivity index (χ3v) is 1.78. The molecule has 0 fully saturated rings. The smallest absolute Gasteiger partial charge is 0.0302 e. The average molecular weight is 149 g/mol. The van der Waals surface area contributed by atoms with Gasteiger partial charge < -0.3 is 5.32 Å². The second kappa shape index (κ2) is 3.42. The lowest BCUT2D eigenvalue weighted by Gasteiger charge is -2.01. The lowest BCUT2D eigenvalue weighted by atomic mass is 10.1. The van der Waals surface area contributed by atoms with E-state index in [-0.39, 0.29) is 0 Å². The molecule has 0 aromatic rings. The molecule has 0 radical (unpaired) electrons. The number of hydrogen-bond acceptors (Lipinski definition) is 1. The molecule has 1 atom stereocenters. The zero-order chi connectivity index (χ0) is 8.27. The van der Waals surface area contributed by atoms with Gasteiger partial charge in [-0.3, -0.25) is 0 Å². The van der Waals surface area contributed by atoms with Crippen molar-refractivity contribution in [3.8, 4) is 0 Å². The Kier molecular flexibility index (Phi) is 2.53. The van der Waals surface area contributed by atoms with E-state index in [4.69, 9.17) is 0 Å². The summed E-state index contributed by atoms with van der Waals surface area (Å²) in [6.45, 7) is 4.31. The highest BCUT2D eigenvalue weighted by Crippen LogP contribution is 2.12. The van der Waals surface area contributed by atoms with Crippen LogP contribution < -0.4 is 5.32 Å². The zero-order valence-electron chi connectivity index (χ0n) is 7.39. The maximum atomic E-state index is 3.14. The molecule has 0 aromatic heterocycles. The van der Waals surface area contributed by atoms with Gasteiger partial charge in [-0.25, -0.2) is 0 Å². The summed E-state index contributed by atoms with van der Waals surface area (Å²) >= 11 is 0. The van der Waals surface area contributed by atoms with E-state index < -0.39 is 0 Å². The monoisotopic (exact) mass is 149 g/mol. The molecule has 0 heterocycles. The minimum atomic E-state index is 0.535. The van der Waals surface area contributed by atoms with Crippen LogP contribution in [-0.4, -0.2) is 7.05 Å². The first kappa shape index (κ1) is 8.12. The molecule has 11 heavy (non-hydrogen) atoms. The van der Waals surface area contributed by atoms with Crippen molar-refractivity contribution >= 4 is 0 Å². The molecule has 1 aliphatic rings. The van der Waals surface area contributed by atoms with Gasteiger partial charge in [0, 0.05) is 12.7 Å². The van der Waals surface area contributed by atoms with E-state index >= 15 is 0 Å². The summed E-state index contributed by atoms with van der Waals surface area (Å²) in [5.41, 5.74) is 2.53. The van der Waals surface area contributed by atoms with Crippen molar-refractivity contribution in [2.24, 2.45) is 5.92 Å². The Balaban J connectivity index is 2.83. The first-order valence-corrected chi connectivity index (χ1v) is 3.98. The SMILES string of the molecule is CNC1=CC(C)C=C(C)C=C1. The number of nitrogens with one attached hydrogen (secondary N) is 1. The highest BCUT2D eigenvalue weighted by atomic mass is 14.8. The highest BCUT2D eigenvalue weighted by molar-refractivity contribution is 5.31. The molecule has 0 saturated carbocycles. The number of rotatable bonds is 1. The van der Waals surface area contributed by atoms with Crippen molar-refractivity contribution in [2.45, 2.75) is 13.8 Å². The maximum Gasteiger partial charge on any atom is 0.0302 e. The molecule has 0 amide bonds. The van der Waals surface area contributed by atoms with Crippen molar-refractivity contribution in [1.29, 1.82) is 0 Å². The predicted octanol–water partition coefficient (Wildman–Crippen LogP) is 2.24. The summed E-state index contributed by atoms with van der Waals surface area (Å²) in [5, 5.41) is 3.14. The number of likely N-dealkylation sites (N-methyl/N-ethyl adjacent to an activating group) is 1. The number of allylic oxidation sites excluding steroid dienone is 5. The summed E-state index contributed by atoms with van der Waals surface area (Å²) in [6, 6.07) is 0. The van der Waals surface area contributed by atoms with Crippen molar-refractivity contribution < 1.29 is 0 Å². The van der Waals surface area contributed by atoms with Crippen molar-refractivity contribution in [3.05, 3.63) is 35.6 Å². The van der Waals surface area contributed by atoms with Gasteiger partial charge in [-0.2, -0.15) is 0 Å². The minimum absolute atomic E-state index is 0.535. The second-order valence-electron chi connectivity index (χ2n) is 2.98. The topological polar surface area (TPSA) is 12.0 Å². The summed E-state index contributed by atoms with van der Waals surface area (Å²) < 4.78 is 0. The highest BCUT2D eigenvalue weighted by Gasteiger charge is 1.99. The quantitative estimate of drug-likeness (QED) is 0.603. The van der Waals surface area contributed by atoms with Crippen LogP contribution in [0.15, 0.2) is 35.6 Å². The van der Waals surface area contributed by atoms with Gasteiger partial charge in [0.2, 0.25) is 0 Å². The molecular weight excluding hydrogens is 134 g/mol. The molecule has 1 heteroatoms. The molecule has 0 aromatic carbocycles. The van der Waals surface area contributed by atoms with E-state index in [9.17, 15) is 0 Å². The lowest BCUT2D eigenvalue weighted by molar-refractivity contribution is 0.898. The summed E-state index contributed by atoms with van der Waals surface area (Å²) in [7, 11) is 1.95. The Morgan fingerprint density at radius 2 is 2.00 bits per heavy atom. The van der Waals surface area contributed by atoms with Gasteiger partial charge in [-0.05, 0) is 18.9 Å². The Morgan fingerprint density at radius 3 is 2.64 bits per heavy atom. The van der Waals surface area contributed by atoms with E-state index in [2.05, 4.69) is 43.5 Å². The summed E-state index contributed by atoms with van der Waals surface area (Å²) in [5.74, 6) is 0.535. The van der Waals surface area contributed by atoms with Crippen molar-refractivity contribution in [3.63, 3.8) is 0 Å². The Morgan fingerprint density at radius 1 is 1.27 bits per heavy atom. The Bertz CT molecular complexity index is 221. The summed E-state index contributed by atoms with van der Waals surface area (Å²) in [4.78, 5) is 0. The van der Waals surface area contributed by atoms with E-state index in [0.717, 1.165) is 0 Å². The van der Waals surface area contributed by atoms with Crippen LogP contribution in [-0.2, 0) is 0 Å². The normalized spacial score (nSPS) is 23.7. The van der Waals surface area contributed by atoms with Crippen LogP contribution in [0.25, 0.3) is 0 Å². The molecule has 1 aliphatic carbocycles. The Labute approximate surface area is 68.5 Å². The van der Waals surface area contributed by atoms with Crippen LogP contribution >= 0.6 is 0 Å². The van der Waals surface area contributed by atoms with Crippen molar-refractivity contribution in [2.75, 3.05) is 7.05 Å². The first-order valence-electron chi connectivity index (χ1n) is 3.98. The fourth-order valence-corrected chi connectivity index (χ4v) is 1.25. The van der Waals surface area contributed by atoms with Crippen LogP contribution in [0.5, 0.6) is 0 Å². The lowest BCUT2D eigenvalue weighted by Crippen LogP contribution is -2.03. The van der Waals surface area contributed by atoms with Gasteiger partial charge in [-0.15, -0.1) is 0 Å². The van der Waals surface area contributed by atoms with Crippen molar-refractivity contribution in [1.82, 2.24) is 5.32 Å². The van der Waals surface area contributed by atoms with E-state index in [1.54, 1.807) is 0 Å². The van der Waals surface area contributed by atoms with Gasteiger partial charge in [-0.1, -0.05) is 30.7 Å². The van der Waals surface area contributed by atoms with E-state index in [0.29, 0.717) is 5.92 Å². The molecule has 1 N–H and O–H groups in total. The molecule has 1 unspecified atom stereocenters. The predicted molar refractivity (Wildman–Crippen MR) is 49.2 cm³/mol. The van der Waals surface area contributed by atoms with Crippen LogP contribution in [0.4, 0.5) is 0 Å². The minimum Gasteiger partial charge on any atom is -0.388 e. The third-order valence-electron chi connectivity index (χ3n) is 1.78. The van der Waals surface area contributed by atoms with E-state index in [1.165, 1.54) is 11.3 Å². The van der Waals surface area contributed by atoms with Crippen LogP contribution in [0.2, 0.25) is 0 Å². The van der Waals surface area contributed by atoms with Gasteiger partial charge in [0.05, 0.1) is 0 Å². The molecular formula is C10H15N. The molecule has 0 aliphatic heterocycles. The second-order valence-corrected chi connectivity index (χ2v) is 2.98. The van der Waals surface area contributed by atoms with Crippen LogP contribution in [0.3, 0.4) is 0 Å². The van der Waals surface area contributed by atoms with Gasteiger partial charge >= 0.3 is 0 Å². The summed E-state index contributed by atoms with van der Waals surface area (Å²) in [6.07, 6.45) is 8.70. The van der Waals surface area contributed by atoms with Gasteiger partial charge in [0.25, 0.3) is 0 Å². The molecule has 1 rings (SSSR count). The molecule has 0 saturated heterocycles. The van der Waals surface area contributed by atoms with Crippen LogP contribution in [0, 0.1) is 5.92 Å². The largest absolute Gasteiger partial charge is 0.388 e. The molecule has 1 nitrogen and oxygen atoms in total.